The number of hydrogen-bond donors (Lipinski definition) is 0. The Morgan fingerprint density at radius 3 is 2.47 bits per heavy atom. The minimum absolute atomic E-state index is 0.0558. The van der Waals surface area contributed by atoms with Crippen LogP contribution in [0, 0.1) is 0 Å². The molecule has 15 heavy (non-hydrogen) atoms. The van der Waals surface area contributed by atoms with Gasteiger partial charge in [0.05, 0.1) is 7.11 Å². The van der Waals surface area contributed by atoms with Gasteiger partial charge in [-0.25, -0.2) is 14.6 Å². The molecule has 0 aliphatic carbocycles. The number of methoxy groups -OCH3 is 1. The van der Waals surface area contributed by atoms with Gasteiger partial charge < -0.3 is 9.47 Å². The van der Waals surface area contributed by atoms with Gasteiger partial charge in [0.25, 0.3) is 0 Å². The SMILES string of the molecule is COC(=O)C(=O)C(=O)Oc1ccccn1. The van der Waals surface area contributed by atoms with Crippen LogP contribution in [-0.4, -0.2) is 29.8 Å². The standard InChI is InChI=1S/C9H7NO5/c1-14-8(12)7(11)9(13)15-6-4-2-3-5-10-6/h2-5H,1H3. The molecule has 0 aliphatic heterocycles. The van der Waals surface area contributed by atoms with Gasteiger partial charge in [-0.1, -0.05) is 6.07 Å². The van der Waals surface area contributed by atoms with E-state index in [0.717, 1.165) is 7.11 Å². The Labute approximate surface area is 84.8 Å². The molecule has 1 aromatic rings. The summed E-state index contributed by atoms with van der Waals surface area (Å²) in [4.78, 5) is 36.2. The van der Waals surface area contributed by atoms with Crippen molar-refractivity contribution in [1.82, 2.24) is 4.98 Å². The lowest BCUT2D eigenvalue weighted by atomic mass is 10.4. The van der Waals surface area contributed by atoms with Gasteiger partial charge >= 0.3 is 17.7 Å². The second kappa shape index (κ2) is 4.85. The van der Waals surface area contributed by atoms with Crippen LogP contribution in [0.3, 0.4) is 0 Å². The van der Waals surface area contributed by atoms with Crippen LogP contribution in [0.4, 0.5) is 0 Å². The molecule has 6 heteroatoms. The summed E-state index contributed by atoms with van der Waals surface area (Å²) in [5, 5.41) is 0. The van der Waals surface area contributed by atoms with E-state index in [2.05, 4.69) is 14.5 Å². The summed E-state index contributed by atoms with van der Waals surface area (Å²) in [5.41, 5.74) is 0. The summed E-state index contributed by atoms with van der Waals surface area (Å²) in [7, 11) is 0.994. The topological polar surface area (TPSA) is 82.6 Å². The average Bonchev–Trinajstić information content (AvgIpc) is 2.28. The van der Waals surface area contributed by atoms with Crippen LogP contribution >= 0.6 is 0 Å². The van der Waals surface area contributed by atoms with Crippen LogP contribution in [0.2, 0.25) is 0 Å². The van der Waals surface area contributed by atoms with Crippen LogP contribution in [0.1, 0.15) is 0 Å². The maximum absolute atomic E-state index is 11.0. The molecule has 0 saturated heterocycles. The smallest absolute Gasteiger partial charge is 0.393 e. The molecule has 0 amide bonds. The zero-order valence-corrected chi connectivity index (χ0v) is 7.80. The van der Waals surface area contributed by atoms with E-state index < -0.39 is 17.7 Å². The predicted molar refractivity (Wildman–Crippen MR) is 46.9 cm³/mol. The molecule has 1 rings (SSSR count). The quantitative estimate of drug-likeness (QED) is 0.387. The molecule has 0 aromatic carbocycles. The van der Waals surface area contributed by atoms with E-state index in [1.807, 2.05) is 0 Å². The van der Waals surface area contributed by atoms with Crippen molar-refractivity contribution in [2.75, 3.05) is 7.11 Å². The monoisotopic (exact) mass is 209 g/mol. The fourth-order valence-electron chi connectivity index (χ4n) is 0.725. The van der Waals surface area contributed by atoms with E-state index in [1.165, 1.54) is 12.3 Å². The van der Waals surface area contributed by atoms with Gasteiger partial charge in [-0.15, -0.1) is 0 Å². The summed E-state index contributed by atoms with van der Waals surface area (Å²) in [6.45, 7) is 0. The van der Waals surface area contributed by atoms with E-state index >= 15 is 0 Å². The molecule has 0 radical (unpaired) electrons. The summed E-state index contributed by atoms with van der Waals surface area (Å²) < 4.78 is 8.56. The van der Waals surface area contributed by atoms with Gasteiger partial charge in [0.2, 0.25) is 5.88 Å². The molecular weight excluding hydrogens is 202 g/mol. The summed E-state index contributed by atoms with van der Waals surface area (Å²) in [6, 6.07) is 4.56. The number of ketones is 1. The van der Waals surface area contributed by atoms with Gasteiger partial charge in [-0.2, -0.15) is 0 Å². The predicted octanol–water partition coefficient (Wildman–Crippen LogP) is -0.271. The largest absolute Gasteiger partial charge is 0.463 e. The van der Waals surface area contributed by atoms with Crippen LogP contribution in [0.5, 0.6) is 5.88 Å². The van der Waals surface area contributed by atoms with E-state index in [-0.39, 0.29) is 5.88 Å². The Bertz CT molecular complexity index is 387. The van der Waals surface area contributed by atoms with Crippen molar-refractivity contribution in [1.29, 1.82) is 0 Å². The maximum Gasteiger partial charge on any atom is 0.393 e. The number of carbonyl (C=O) groups is 3. The first-order valence-corrected chi connectivity index (χ1v) is 3.90. The zero-order chi connectivity index (χ0) is 11.3. The van der Waals surface area contributed by atoms with Gasteiger partial charge in [-0.3, -0.25) is 4.79 Å². The van der Waals surface area contributed by atoms with E-state index in [9.17, 15) is 14.4 Å². The molecule has 78 valence electrons. The number of nitrogens with zero attached hydrogens (tertiary/aromatic N) is 1. The molecule has 0 aliphatic rings. The molecule has 0 unspecified atom stereocenters. The van der Waals surface area contributed by atoms with E-state index in [0.29, 0.717) is 0 Å². The number of pyridine rings is 1. The first-order chi connectivity index (χ1) is 7.15. The Morgan fingerprint density at radius 1 is 1.20 bits per heavy atom. The fraction of sp³-hybridized carbons (Fsp3) is 0.111. The Hall–Kier alpha value is -2.24. The normalized spacial score (nSPS) is 9.13. The number of rotatable bonds is 3. The Morgan fingerprint density at radius 2 is 1.93 bits per heavy atom. The Balaban J connectivity index is 2.65. The molecule has 0 atom stereocenters. The van der Waals surface area contributed by atoms with Crippen LogP contribution in [-0.2, 0) is 19.1 Å². The Kier molecular flexibility index (Phi) is 3.50. The van der Waals surface area contributed by atoms with Crippen molar-refractivity contribution >= 4 is 17.7 Å². The molecule has 0 spiro atoms. The first kappa shape index (κ1) is 10.8. The third-order valence-corrected chi connectivity index (χ3v) is 1.39. The zero-order valence-electron chi connectivity index (χ0n) is 7.80. The highest BCUT2D eigenvalue weighted by Crippen LogP contribution is 2.03. The molecule has 1 heterocycles. The number of aromatic nitrogens is 1. The molecule has 1 aromatic heterocycles. The van der Waals surface area contributed by atoms with Crippen molar-refractivity contribution in [2.45, 2.75) is 0 Å². The lowest BCUT2D eigenvalue weighted by Gasteiger charge is -2.00. The highest BCUT2D eigenvalue weighted by atomic mass is 16.6. The third-order valence-electron chi connectivity index (χ3n) is 1.39. The second-order valence-electron chi connectivity index (χ2n) is 2.38. The molecule has 0 N–H and O–H groups in total. The summed E-state index contributed by atoms with van der Waals surface area (Å²) in [5.74, 6) is -4.01. The van der Waals surface area contributed by atoms with Crippen LogP contribution < -0.4 is 4.74 Å². The third kappa shape index (κ3) is 2.87. The first-order valence-electron chi connectivity index (χ1n) is 3.90. The molecule has 0 fully saturated rings. The van der Waals surface area contributed by atoms with Crippen molar-refractivity contribution in [3.8, 4) is 5.88 Å². The lowest BCUT2D eigenvalue weighted by Crippen LogP contribution is -2.29. The number of ether oxygens (including phenoxy) is 2. The lowest BCUT2D eigenvalue weighted by molar-refractivity contribution is -0.159. The highest BCUT2D eigenvalue weighted by Gasteiger charge is 2.26. The second-order valence-corrected chi connectivity index (χ2v) is 2.38. The number of hydrogen-bond acceptors (Lipinski definition) is 6. The number of Topliss-reactive ketones (excluding diaryl/α,β-unsaturated/α-hetero) is 1. The summed E-state index contributed by atoms with van der Waals surface area (Å²) in [6.07, 6.45) is 1.38. The molecule has 0 saturated carbocycles. The molecule has 6 nitrogen and oxygen atoms in total. The van der Waals surface area contributed by atoms with Gasteiger partial charge in [0.15, 0.2) is 0 Å². The van der Waals surface area contributed by atoms with Crippen molar-refractivity contribution in [2.24, 2.45) is 0 Å². The van der Waals surface area contributed by atoms with Crippen LogP contribution in [0.25, 0.3) is 0 Å². The van der Waals surface area contributed by atoms with Gasteiger partial charge in [0.1, 0.15) is 0 Å². The minimum Gasteiger partial charge on any atom is -0.463 e. The van der Waals surface area contributed by atoms with E-state index in [1.54, 1.807) is 12.1 Å². The highest BCUT2D eigenvalue weighted by molar-refractivity contribution is 6.60. The number of esters is 2. The van der Waals surface area contributed by atoms with Crippen molar-refractivity contribution in [3.63, 3.8) is 0 Å². The van der Waals surface area contributed by atoms with Crippen molar-refractivity contribution < 1.29 is 23.9 Å². The molecule has 0 bridgehead atoms. The molecular formula is C9H7NO5. The van der Waals surface area contributed by atoms with Gasteiger partial charge in [-0.05, 0) is 6.07 Å². The number of carbonyl (C=O) groups excluding carboxylic acids is 3. The fourth-order valence-corrected chi connectivity index (χ4v) is 0.725. The average molecular weight is 209 g/mol. The van der Waals surface area contributed by atoms with Crippen molar-refractivity contribution in [3.05, 3.63) is 24.4 Å². The minimum atomic E-state index is -1.37. The summed E-state index contributed by atoms with van der Waals surface area (Å²) >= 11 is 0. The van der Waals surface area contributed by atoms with Crippen LogP contribution in [0.15, 0.2) is 24.4 Å². The maximum atomic E-state index is 11.0. The van der Waals surface area contributed by atoms with E-state index in [4.69, 9.17) is 0 Å². The van der Waals surface area contributed by atoms with Gasteiger partial charge in [0, 0.05) is 12.3 Å².